The van der Waals surface area contributed by atoms with Gasteiger partial charge in [-0.15, -0.1) is 0 Å². The zero-order valence-electron chi connectivity index (χ0n) is 13.5. The summed E-state index contributed by atoms with van der Waals surface area (Å²) in [5.74, 6) is -0.104. The van der Waals surface area contributed by atoms with E-state index in [1.54, 1.807) is 12.1 Å². The SMILES string of the molecule is CCCNC(Cc1ccccc1F)C(C)(CC)N(C)C. The van der Waals surface area contributed by atoms with Crippen LogP contribution in [-0.4, -0.2) is 37.1 Å². The maximum absolute atomic E-state index is 13.9. The van der Waals surface area contributed by atoms with Crippen molar-refractivity contribution in [3.63, 3.8) is 0 Å². The van der Waals surface area contributed by atoms with Crippen molar-refractivity contribution in [2.75, 3.05) is 20.6 Å². The van der Waals surface area contributed by atoms with E-state index in [1.165, 1.54) is 0 Å². The highest BCUT2D eigenvalue weighted by Crippen LogP contribution is 2.24. The van der Waals surface area contributed by atoms with Crippen LogP contribution in [0.1, 0.15) is 39.2 Å². The van der Waals surface area contributed by atoms with Crippen LogP contribution >= 0.6 is 0 Å². The molecule has 0 aliphatic carbocycles. The Bertz CT molecular complexity index is 406. The molecule has 0 aliphatic rings. The van der Waals surface area contributed by atoms with Gasteiger partial charge in [-0.25, -0.2) is 4.39 Å². The summed E-state index contributed by atoms with van der Waals surface area (Å²) in [4.78, 5) is 2.25. The topological polar surface area (TPSA) is 15.3 Å². The van der Waals surface area contributed by atoms with Gasteiger partial charge in [0.1, 0.15) is 5.82 Å². The summed E-state index contributed by atoms with van der Waals surface area (Å²) in [5, 5.41) is 3.61. The second-order valence-electron chi connectivity index (χ2n) is 5.91. The molecule has 0 aliphatic heterocycles. The maximum Gasteiger partial charge on any atom is 0.126 e. The van der Waals surface area contributed by atoms with Gasteiger partial charge >= 0.3 is 0 Å². The van der Waals surface area contributed by atoms with Crippen molar-refractivity contribution in [2.24, 2.45) is 0 Å². The summed E-state index contributed by atoms with van der Waals surface area (Å²) in [5.41, 5.74) is 0.805. The van der Waals surface area contributed by atoms with Gasteiger partial charge in [0.25, 0.3) is 0 Å². The van der Waals surface area contributed by atoms with Gasteiger partial charge in [-0.3, -0.25) is 0 Å². The lowest BCUT2D eigenvalue weighted by Gasteiger charge is -2.43. The molecule has 1 N–H and O–H groups in total. The van der Waals surface area contributed by atoms with E-state index in [2.05, 4.69) is 45.1 Å². The number of benzene rings is 1. The molecule has 0 saturated heterocycles. The van der Waals surface area contributed by atoms with E-state index in [0.29, 0.717) is 0 Å². The minimum Gasteiger partial charge on any atom is -0.312 e. The molecule has 0 amide bonds. The zero-order chi connectivity index (χ0) is 15.2. The third kappa shape index (κ3) is 4.03. The standard InChI is InChI=1S/C17H29FN2/c1-6-12-19-16(17(3,7-2)20(4)5)13-14-10-8-9-11-15(14)18/h8-11,16,19H,6-7,12-13H2,1-5H3. The Morgan fingerprint density at radius 2 is 1.90 bits per heavy atom. The van der Waals surface area contributed by atoms with E-state index in [9.17, 15) is 4.39 Å². The molecule has 1 aromatic carbocycles. The van der Waals surface area contributed by atoms with Crippen LogP contribution in [0.5, 0.6) is 0 Å². The smallest absolute Gasteiger partial charge is 0.126 e. The van der Waals surface area contributed by atoms with E-state index in [-0.39, 0.29) is 17.4 Å². The summed E-state index contributed by atoms with van der Waals surface area (Å²) in [6, 6.07) is 7.33. The molecule has 0 radical (unpaired) electrons. The summed E-state index contributed by atoms with van der Waals surface area (Å²) in [6.07, 6.45) is 2.83. The zero-order valence-corrected chi connectivity index (χ0v) is 13.5. The second-order valence-corrected chi connectivity index (χ2v) is 5.91. The Labute approximate surface area is 123 Å². The van der Waals surface area contributed by atoms with Crippen LogP contribution in [0.25, 0.3) is 0 Å². The Morgan fingerprint density at radius 1 is 1.25 bits per heavy atom. The van der Waals surface area contributed by atoms with Crippen molar-refractivity contribution >= 4 is 0 Å². The van der Waals surface area contributed by atoms with Gasteiger partial charge in [0.05, 0.1) is 0 Å². The molecule has 20 heavy (non-hydrogen) atoms. The Morgan fingerprint density at radius 3 is 2.40 bits per heavy atom. The molecular weight excluding hydrogens is 251 g/mol. The van der Waals surface area contributed by atoms with Crippen LogP contribution in [0.15, 0.2) is 24.3 Å². The first-order valence-corrected chi connectivity index (χ1v) is 7.59. The van der Waals surface area contributed by atoms with E-state index in [4.69, 9.17) is 0 Å². The number of halogens is 1. The number of nitrogens with zero attached hydrogens (tertiary/aromatic N) is 1. The van der Waals surface area contributed by atoms with Crippen molar-refractivity contribution in [3.8, 4) is 0 Å². The van der Waals surface area contributed by atoms with Crippen molar-refractivity contribution in [1.82, 2.24) is 10.2 Å². The van der Waals surface area contributed by atoms with E-state index in [1.807, 2.05) is 12.1 Å². The third-order valence-electron chi connectivity index (χ3n) is 4.51. The summed E-state index contributed by atoms with van der Waals surface area (Å²) < 4.78 is 13.9. The molecule has 3 heteroatoms. The third-order valence-corrected chi connectivity index (χ3v) is 4.51. The Kier molecular flexibility index (Phi) is 6.63. The fourth-order valence-electron chi connectivity index (χ4n) is 2.59. The number of likely N-dealkylation sites (N-methyl/N-ethyl adjacent to an activating group) is 1. The molecule has 2 nitrogen and oxygen atoms in total. The second kappa shape index (κ2) is 7.75. The fraction of sp³-hybridized carbons (Fsp3) is 0.647. The predicted molar refractivity (Wildman–Crippen MR) is 84.6 cm³/mol. The fourth-order valence-corrected chi connectivity index (χ4v) is 2.59. The Balaban J connectivity index is 2.97. The number of nitrogens with one attached hydrogen (secondary N) is 1. The van der Waals surface area contributed by atoms with E-state index < -0.39 is 0 Å². The highest BCUT2D eigenvalue weighted by atomic mass is 19.1. The monoisotopic (exact) mass is 280 g/mol. The summed E-state index contributed by atoms with van der Waals surface area (Å²) >= 11 is 0. The van der Waals surface area contributed by atoms with Gasteiger partial charge in [-0.2, -0.15) is 0 Å². The first kappa shape index (κ1) is 17.1. The molecule has 114 valence electrons. The van der Waals surface area contributed by atoms with Gasteiger partial charge in [0.2, 0.25) is 0 Å². The molecule has 0 saturated carbocycles. The predicted octanol–water partition coefficient (Wildman–Crippen LogP) is 3.47. The van der Waals surface area contributed by atoms with Gasteiger partial charge in [-0.05, 0) is 58.5 Å². The molecule has 0 aromatic heterocycles. The van der Waals surface area contributed by atoms with Crippen molar-refractivity contribution in [2.45, 2.75) is 51.6 Å². The van der Waals surface area contributed by atoms with Gasteiger partial charge in [0, 0.05) is 11.6 Å². The van der Waals surface area contributed by atoms with Crippen LogP contribution < -0.4 is 5.32 Å². The largest absolute Gasteiger partial charge is 0.312 e. The lowest BCUT2D eigenvalue weighted by molar-refractivity contribution is 0.112. The van der Waals surface area contributed by atoms with E-state index in [0.717, 1.165) is 31.4 Å². The molecule has 2 unspecified atom stereocenters. The molecule has 2 atom stereocenters. The number of hydrogen-bond acceptors (Lipinski definition) is 2. The summed E-state index contributed by atoms with van der Waals surface area (Å²) in [7, 11) is 4.21. The summed E-state index contributed by atoms with van der Waals surface area (Å²) in [6.45, 7) is 7.57. The average Bonchev–Trinajstić information content (AvgIpc) is 2.44. The molecular formula is C17H29FN2. The van der Waals surface area contributed by atoms with Crippen LogP contribution in [-0.2, 0) is 6.42 Å². The quantitative estimate of drug-likeness (QED) is 0.784. The average molecular weight is 280 g/mol. The lowest BCUT2D eigenvalue weighted by Crippen LogP contribution is -2.58. The Hall–Kier alpha value is -0.930. The lowest BCUT2D eigenvalue weighted by atomic mass is 9.84. The first-order valence-electron chi connectivity index (χ1n) is 7.59. The van der Waals surface area contributed by atoms with Crippen LogP contribution in [0.2, 0.25) is 0 Å². The van der Waals surface area contributed by atoms with Gasteiger partial charge in [-0.1, -0.05) is 32.0 Å². The first-order chi connectivity index (χ1) is 9.45. The van der Waals surface area contributed by atoms with Crippen molar-refractivity contribution < 1.29 is 4.39 Å². The van der Waals surface area contributed by atoms with Crippen LogP contribution in [0.3, 0.4) is 0 Å². The molecule has 0 fully saturated rings. The number of hydrogen-bond donors (Lipinski definition) is 1. The molecule has 0 bridgehead atoms. The van der Waals surface area contributed by atoms with Gasteiger partial charge < -0.3 is 10.2 Å². The molecule has 0 heterocycles. The maximum atomic E-state index is 13.9. The normalized spacial score (nSPS) is 16.1. The van der Waals surface area contributed by atoms with E-state index >= 15 is 0 Å². The molecule has 1 aromatic rings. The highest BCUT2D eigenvalue weighted by Gasteiger charge is 2.34. The highest BCUT2D eigenvalue weighted by molar-refractivity contribution is 5.19. The minimum absolute atomic E-state index is 0.0114. The minimum atomic E-state index is -0.104. The molecule has 1 rings (SSSR count). The van der Waals surface area contributed by atoms with Crippen LogP contribution in [0.4, 0.5) is 4.39 Å². The van der Waals surface area contributed by atoms with Crippen molar-refractivity contribution in [1.29, 1.82) is 0 Å². The number of rotatable bonds is 8. The van der Waals surface area contributed by atoms with Gasteiger partial charge in [0.15, 0.2) is 0 Å². The molecule has 0 spiro atoms. The van der Waals surface area contributed by atoms with Crippen molar-refractivity contribution in [3.05, 3.63) is 35.6 Å². The van der Waals surface area contributed by atoms with Crippen LogP contribution in [0, 0.1) is 5.82 Å².